The largest absolute Gasteiger partial charge is 0.490 e. The van der Waals surface area contributed by atoms with Crippen molar-refractivity contribution in [2.24, 2.45) is 11.7 Å². The minimum atomic E-state index is -0.486. The van der Waals surface area contributed by atoms with Crippen LogP contribution < -0.4 is 10.5 Å². The third-order valence-corrected chi connectivity index (χ3v) is 4.50. The number of carbonyl (C=O) groups excluding carboxylic acids is 2. The first-order valence-electron chi connectivity index (χ1n) is 8.90. The normalized spacial score (nSPS) is 16.5. The lowest BCUT2D eigenvalue weighted by atomic mass is 10.0. The number of hydrogen-bond acceptors (Lipinski definition) is 5. The van der Waals surface area contributed by atoms with Crippen molar-refractivity contribution in [2.45, 2.75) is 52.4 Å². The second-order valence-electron chi connectivity index (χ2n) is 6.94. The van der Waals surface area contributed by atoms with Gasteiger partial charge in [-0.2, -0.15) is 0 Å². The van der Waals surface area contributed by atoms with Crippen LogP contribution in [0.3, 0.4) is 0 Å². The molecule has 0 radical (unpaired) electrons. The average Bonchev–Trinajstić information content (AvgIpc) is 2.61. The Labute approximate surface area is 153 Å². The minimum absolute atomic E-state index is 0.0317. The molecule has 0 unspecified atom stereocenters. The number of carbonyl (C=O) groups is 2. The molecule has 0 aromatic heterocycles. The summed E-state index contributed by atoms with van der Waals surface area (Å²) < 4.78 is 24.4. The lowest BCUT2D eigenvalue weighted by molar-refractivity contribution is -0.142. The summed E-state index contributed by atoms with van der Waals surface area (Å²) >= 11 is 0. The topological polar surface area (TPSA) is 81.9 Å². The summed E-state index contributed by atoms with van der Waals surface area (Å²) in [5, 5.41) is 0. The number of halogens is 1. The van der Waals surface area contributed by atoms with Crippen molar-refractivity contribution in [3.63, 3.8) is 0 Å². The number of nitrogens with zero attached hydrogens (tertiary/aromatic N) is 1. The zero-order valence-corrected chi connectivity index (χ0v) is 15.5. The molecule has 1 saturated heterocycles. The monoisotopic (exact) mass is 366 g/mol. The minimum Gasteiger partial charge on any atom is -0.490 e. The first kappa shape index (κ1) is 20.2. The second-order valence-corrected chi connectivity index (χ2v) is 6.94. The summed E-state index contributed by atoms with van der Waals surface area (Å²) in [6, 6.07) is 3.67. The van der Waals surface area contributed by atoms with Crippen LogP contribution in [0.5, 0.6) is 5.75 Å². The molecule has 1 aliphatic rings. The number of piperidine rings is 1. The van der Waals surface area contributed by atoms with Crippen molar-refractivity contribution in [1.29, 1.82) is 0 Å². The lowest BCUT2D eigenvalue weighted by Gasteiger charge is -2.34. The molecule has 0 bridgehead atoms. The number of nitrogens with two attached hydrogens (primary N) is 1. The molecule has 26 heavy (non-hydrogen) atoms. The first-order valence-corrected chi connectivity index (χ1v) is 8.90. The summed E-state index contributed by atoms with van der Waals surface area (Å²) in [6.07, 6.45) is 1.25. The first-order chi connectivity index (χ1) is 12.3. The standard InChI is InChI=1S/C19H27FN2O4/c1-12(2)18(21)19(24)22-8-6-16(7-9-22)26-17-5-4-15(20)10-14(17)11-25-13(3)23/h4-5,10,12,16,18H,6-9,11,21H2,1-3H3/t18-/m0/s1. The Morgan fingerprint density at radius 2 is 1.96 bits per heavy atom. The van der Waals surface area contributed by atoms with Crippen LogP contribution in [-0.2, 0) is 20.9 Å². The molecule has 2 rings (SSSR count). The molecule has 2 N–H and O–H groups in total. The fourth-order valence-corrected chi connectivity index (χ4v) is 2.82. The van der Waals surface area contributed by atoms with E-state index in [1.165, 1.54) is 19.1 Å². The highest BCUT2D eigenvalue weighted by atomic mass is 19.1. The van der Waals surface area contributed by atoms with Gasteiger partial charge in [0.05, 0.1) is 6.04 Å². The number of esters is 1. The molecule has 144 valence electrons. The van der Waals surface area contributed by atoms with Gasteiger partial charge in [0, 0.05) is 38.4 Å². The van der Waals surface area contributed by atoms with Gasteiger partial charge in [0.2, 0.25) is 5.91 Å². The van der Waals surface area contributed by atoms with Crippen LogP contribution in [0.15, 0.2) is 18.2 Å². The van der Waals surface area contributed by atoms with Crippen molar-refractivity contribution in [3.8, 4) is 5.75 Å². The molecule has 0 spiro atoms. The molecular formula is C19H27FN2O4. The summed E-state index contributed by atoms with van der Waals surface area (Å²) in [5.74, 6) is -0.289. The molecule has 7 heteroatoms. The average molecular weight is 366 g/mol. The molecule has 1 atom stereocenters. The van der Waals surface area contributed by atoms with Gasteiger partial charge in [-0.15, -0.1) is 0 Å². The van der Waals surface area contributed by atoms with Crippen LogP contribution in [0, 0.1) is 11.7 Å². The highest BCUT2D eigenvalue weighted by molar-refractivity contribution is 5.82. The third kappa shape index (κ3) is 5.42. The van der Waals surface area contributed by atoms with E-state index in [1.807, 2.05) is 13.8 Å². The number of likely N-dealkylation sites (tertiary alicyclic amines) is 1. The van der Waals surface area contributed by atoms with Gasteiger partial charge in [0.25, 0.3) is 0 Å². The number of benzene rings is 1. The van der Waals surface area contributed by atoms with Gasteiger partial charge in [-0.25, -0.2) is 4.39 Å². The molecule has 1 aromatic rings. The Hall–Kier alpha value is -2.15. The van der Waals surface area contributed by atoms with Crippen LogP contribution >= 0.6 is 0 Å². The molecule has 1 aromatic carbocycles. The maximum Gasteiger partial charge on any atom is 0.302 e. The summed E-state index contributed by atoms with van der Waals surface area (Å²) in [5.41, 5.74) is 6.43. The maximum atomic E-state index is 13.5. The predicted molar refractivity (Wildman–Crippen MR) is 94.9 cm³/mol. The molecule has 1 amide bonds. The predicted octanol–water partition coefficient (Wildman–Crippen LogP) is 2.24. The van der Waals surface area contributed by atoms with E-state index in [9.17, 15) is 14.0 Å². The smallest absolute Gasteiger partial charge is 0.302 e. The molecule has 0 aliphatic carbocycles. The van der Waals surface area contributed by atoms with Gasteiger partial charge < -0.3 is 20.1 Å². The van der Waals surface area contributed by atoms with Crippen molar-refractivity contribution < 1.29 is 23.5 Å². The fraction of sp³-hybridized carbons (Fsp3) is 0.579. The van der Waals surface area contributed by atoms with Crippen molar-refractivity contribution >= 4 is 11.9 Å². The van der Waals surface area contributed by atoms with Crippen molar-refractivity contribution in [2.75, 3.05) is 13.1 Å². The number of rotatable bonds is 6. The van der Waals surface area contributed by atoms with E-state index in [0.29, 0.717) is 37.2 Å². The van der Waals surface area contributed by atoms with Crippen LogP contribution in [0.25, 0.3) is 0 Å². The zero-order valence-electron chi connectivity index (χ0n) is 15.5. The van der Waals surface area contributed by atoms with E-state index >= 15 is 0 Å². The molecule has 0 saturated carbocycles. The fourth-order valence-electron chi connectivity index (χ4n) is 2.82. The van der Waals surface area contributed by atoms with Crippen LogP contribution in [0.1, 0.15) is 39.2 Å². The van der Waals surface area contributed by atoms with Gasteiger partial charge in [-0.3, -0.25) is 9.59 Å². The number of amides is 1. The quantitative estimate of drug-likeness (QED) is 0.781. The SMILES string of the molecule is CC(=O)OCc1cc(F)ccc1OC1CCN(C(=O)[C@@H](N)C(C)C)CC1. The summed E-state index contributed by atoms with van der Waals surface area (Å²) in [6.45, 7) is 6.27. The zero-order chi connectivity index (χ0) is 19.3. The Morgan fingerprint density at radius 3 is 2.54 bits per heavy atom. The van der Waals surface area contributed by atoms with E-state index in [1.54, 1.807) is 11.0 Å². The van der Waals surface area contributed by atoms with Gasteiger partial charge in [0.1, 0.15) is 24.3 Å². The molecule has 6 nitrogen and oxygen atoms in total. The second kappa shape index (κ2) is 8.98. The van der Waals surface area contributed by atoms with Gasteiger partial charge in [-0.05, 0) is 24.1 Å². The van der Waals surface area contributed by atoms with Gasteiger partial charge in [0.15, 0.2) is 0 Å². The Morgan fingerprint density at radius 1 is 1.31 bits per heavy atom. The molecule has 1 heterocycles. The van der Waals surface area contributed by atoms with Crippen molar-refractivity contribution in [3.05, 3.63) is 29.6 Å². The van der Waals surface area contributed by atoms with E-state index in [4.69, 9.17) is 15.2 Å². The summed E-state index contributed by atoms with van der Waals surface area (Å²) in [4.78, 5) is 25.1. The van der Waals surface area contributed by atoms with Crippen molar-refractivity contribution in [1.82, 2.24) is 4.90 Å². The molecule has 1 fully saturated rings. The molecule has 1 aliphatic heterocycles. The Balaban J connectivity index is 1.95. The van der Waals surface area contributed by atoms with Crippen LogP contribution in [0.4, 0.5) is 4.39 Å². The summed E-state index contributed by atoms with van der Waals surface area (Å²) in [7, 11) is 0. The van der Waals surface area contributed by atoms with E-state index in [-0.39, 0.29) is 24.5 Å². The molecular weight excluding hydrogens is 339 g/mol. The third-order valence-electron chi connectivity index (χ3n) is 4.50. The highest BCUT2D eigenvalue weighted by Gasteiger charge is 2.28. The van der Waals surface area contributed by atoms with Gasteiger partial charge in [-0.1, -0.05) is 13.8 Å². The van der Waals surface area contributed by atoms with E-state index < -0.39 is 17.8 Å². The van der Waals surface area contributed by atoms with E-state index in [0.717, 1.165) is 0 Å². The Bertz CT molecular complexity index is 642. The highest BCUT2D eigenvalue weighted by Crippen LogP contribution is 2.25. The number of ether oxygens (including phenoxy) is 2. The van der Waals surface area contributed by atoms with Gasteiger partial charge >= 0.3 is 5.97 Å². The van der Waals surface area contributed by atoms with E-state index in [2.05, 4.69) is 0 Å². The maximum absolute atomic E-state index is 13.5. The Kier molecular flexibility index (Phi) is 6.97. The lowest BCUT2D eigenvalue weighted by Crippen LogP contribution is -2.50. The van der Waals surface area contributed by atoms with Crippen LogP contribution in [0.2, 0.25) is 0 Å². The van der Waals surface area contributed by atoms with Crippen LogP contribution in [-0.4, -0.2) is 42.0 Å². The number of hydrogen-bond donors (Lipinski definition) is 1.